The van der Waals surface area contributed by atoms with Crippen LogP contribution in [-0.4, -0.2) is 17.1 Å². The van der Waals surface area contributed by atoms with Crippen LogP contribution in [0.15, 0.2) is 24.4 Å². The van der Waals surface area contributed by atoms with Crippen molar-refractivity contribution in [1.29, 1.82) is 0 Å². The van der Waals surface area contributed by atoms with Gasteiger partial charge >= 0.3 is 0 Å². The lowest BCUT2D eigenvalue weighted by atomic mass is 9.52. The van der Waals surface area contributed by atoms with Crippen LogP contribution in [0.1, 0.15) is 45.4 Å². The molecule has 1 heterocycles. The van der Waals surface area contributed by atoms with Crippen LogP contribution in [-0.2, 0) is 0 Å². The number of nitrogens with zero attached hydrogens (tertiary/aromatic N) is 2. The van der Waals surface area contributed by atoms with E-state index >= 15 is 0 Å². The Balaban J connectivity index is 1.70. The molecule has 1 aromatic heterocycles. The average Bonchev–Trinajstić information content (AvgIpc) is 2.38. The maximum Gasteiger partial charge on any atom is 0.128 e. The monoisotopic (exact) mass is 256 g/mol. The zero-order valence-electron chi connectivity index (χ0n) is 11.9. The number of rotatable bonds is 3. The van der Waals surface area contributed by atoms with Crippen LogP contribution in [0.2, 0.25) is 0 Å². The van der Waals surface area contributed by atoms with E-state index in [2.05, 4.69) is 28.9 Å². The van der Waals surface area contributed by atoms with Crippen LogP contribution in [0.5, 0.6) is 0 Å². The van der Waals surface area contributed by atoms with Gasteiger partial charge in [-0.15, -0.1) is 0 Å². The molecule has 0 unspecified atom stereocenters. The first kappa shape index (κ1) is 11.7. The summed E-state index contributed by atoms with van der Waals surface area (Å²) in [5.74, 6) is 4.21. The van der Waals surface area contributed by atoms with Gasteiger partial charge in [-0.3, -0.25) is 0 Å². The Kier molecular flexibility index (Phi) is 2.61. The number of pyridine rings is 1. The Morgan fingerprint density at radius 2 is 1.74 bits per heavy atom. The number of anilines is 1. The minimum atomic E-state index is 0.442. The molecule has 0 spiro atoms. The molecule has 19 heavy (non-hydrogen) atoms. The first-order chi connectivity index (χ1) is 9.29. The quantitative estimate of drug-likeness (QED) is 0.816. The Morgan fingerprint density at radius 3 is 2.21 bits per heavy atom. The van der Waals surface area contributed by atoms with Crippen molar-refractivity contribution in [3.63, 3.8) is 0 Å². The van der Waals surface area contributed by atoms with Crippen molar-refractivity contribution in [2.75, 3.05) is 11.4 Å². The summed E-state index contributed by atoms with van der Waals surface area (Å²) in [6, 6.07) is 6.35. The van der Waals surface area contributed by atoms with Crippen LogP contribution in [0.4, 0.5) is 5.82 Å². The molecular formula is C17H24N2. The van der Waals surface area contributed by atoms with Crippen molar-refractivity contribution in [3.05, 3.63) is 24.4 Å². The second-order valence-electron chi connectivity index (χ2n) is 7.07. The molecule has 0 radical (unpaired) electrons. The first-order valence-corrected chi connectivity index (χ1v) is 7.98. The third kappa shape index (κ3) is 1.79. The Morgan fingerprint density at radius 1 is 1.11 bits per heavy atom. The average molecular weight is 256 g/mol. The summed E-state index contributed by atoms with van der Waals surface area (Å²) in [5.41, 5.74) is 0.442. The predicted molar refractivity (Wildman–Crippen MR) is 78.2 cm³/mol. The highest BCUT2D eigenvalue weighted by Crippen LogP contribution is 2.58. The smallest absolute Gasteiger partial charge is 0.128 e. The number of hydrogen-bond donors (Lipinski definition) is 0. The molecule has 2 nitrogen and oxygen atoms in total. The number of aromatic nitrogens is 1. The fourth-order valence-electron chi connectivity index (χ4n) is 5.65. The molecule has 4 fully saturated rings. The maximum atomic E-state index is 4.63. The Hall–Kier alpha value is -1.05. The Bertz CT molecular complexity index is 418. The fourth-order valence-corrected chi connectivity index (χ4v) is 5.65. The van der Waals surface area contributed by atoms with E-state index in [-0.39, 0.29) is 0 Å². The SMILES string of the molecule is CCN(c1ccccn1)C12CC3CC(CC(C3)C1)C2. The van der Waals surface area contributed by atoms with Crippen molar-refractivity contribution in [2.45, 2.75) is 51.0 Å². The van der Waals surface area contributed by atoms with Crippen LogP contribution in [0, 0.1) is 17.8 Å². The van der Waals surface area contributed by atoms with Crippen LogP contribution in [0.25, 0.3) is 0 Å². The molecule has 4 aliphatic carbocycles. The highest BCUT2D eigenvalue weighted by molar-refractivity contribution is 5.43. The second kappa shape index (κ2) is 4.22. The van der Waals surface area contributed by atoms with E-state index in [1.165, 1.54) is 44.3 Å². The summed E-state index contributed by atoms with van der Waals surface area (Å²) in [6.07, 6.45) is 10.7. The lowest BCUT2D eigenvalue weighted by molar-refractivity contribution is -0.00418. The van der Waals surface area contributed by atoms with E-state index < -0.39 is 0 Å². The highest BCUT2D eigenvalue weighted by atomic mass is 15.2. The van der Waals surface area contributed by atoms with Gasteiger partial charge in [-0.2, -0.15) is 0 Å². The van der Waals surface area contributed by atoms with E-state index in [1.54, 1.807) is 0 Å². The molecule has 1 aromatic rings. The minimum absolute atomic E-state index is 0.442. The summed E-state index contributed by atoms with van der Waals surface area (Å²) in [5, 5.41) is 0. The van der Waals surface area contributed by atoms with E-state index in [0.717, 1.165) is 24.3 Å². The van der Waals surface area contributed by atoms with Crippen LogP contribution in [0.3, 0.4) is 0 Å². The van der Waals surface area contributed by atoms with Gasteiger partial charge in [0.25, 0.3) is 0 Å². The molecular weight excluding hydrogens is 232 g/mol. The van der Waals surface area contributed by atoms with Crippen molar-refractivity contribution in [3.8, 4) is 0 Å². The summed E-state index contributed by atoms with van der Waals surface area (Å²) in [4.78, 5) is 7.27. The third-order valence-electron chi connectivity index (χ3n) is 5.82. The van der Waals surface area contributed by atoms with Gasteiger partial charge in [0.05, 0.1) is 0 Å². The molecule has 0 saturated heterocycles. The van der Waals surface area contributed by atoms with Crippen LogP contribution < -0.4 is 4.90 Å². The van der Waals surface area contributed by atoms with Crippen molar-refractivity contribution in [1.82, 2.24) is 4.98 Å². The molecule has 4 saturated carbocycles. The molecule has 4 aliphatic rings. The van der Waals surface area contributed by atoms with Gasteiger partial charge in [0, 0.05) is 18.3 Å². The van der Waals surface area contributed by atoms with Gasteiger partial charge in [0.2, 0.25) is 0 Å². The molecule has 0 N–H and O–H groups in total. The summed E-state index contributed by atoms with van der Waals surface area (Å²) in [6.45, 7) is 3.40. The zero-order valence-corrected chi connectivity index (χ0v) is 11.9. The van der Waals surface area contributed by atoms with E-state index in [0.29, 0.717) is 5.54 Å². The zero-order chi connectivity index (χ0) is 12.9. The van der Waals surface area contributed by atoms with E-state index in [4.69, 9.17) is 0 Å². The highest BCUT2D eigenvalue weighted by Gasteiger charge is 2.53. The molecule has 4 bridgehead atoms. The topological polar surface area (TPSA) is 16.1 Å². The Labute approximate surface area is 116 Å². The van der Waals surface area contributed by atoms with Gasteiger partial charge in [0.1, 0.15) is 5.82 Å². The van der Waals surface area contributed by atoms with Gasteiger partial charge in [0.15, 0.2) is 0 Å². The summed E-state index contributed by atoms with van der Waals surface area (Å²) < 4.78 is 0. The number of hydrogen-bond acceptors (Lipinski definition) is 2. The fraction of sp³-hybridized carbons (Fsp3) is 0.706. The normalized spacial score (nSPS) is 39.5. The van der Waals surface area contributed by atoms with E-state index in [9.17, 15) is 0 Å². The van der Waals surface area contributed by atoms with Gasteiger partial charge in [-0.25, -0.2) is 4.98 Å². The molecule has 0 amide bonds. The molecule has 0 aromatic carbocycles. The third-order valence-corrected chi connectivity index (χ3v) is 5.82. The molecule has 0 atom stereocenters. The molecule has 5 rings (SSSR count). The molecule has 2 heteroatoms. The first-order valence-electron chi connectivity index (χ1n) is 7.98. The lowest BCUT2D eigenvalue weighted by Crippen LogP contribution is -2.60. The largest absolute Gasteiger partial charge is 0.351 e. The van der Waals surface area contributed by atoms with Crippen molar-refractivity contribution in [2.24, 2.45) is 17.8 Å². The van der Waals surface area contributed by atoms with Crippen molar-refractivity contribution < 1.29 is 0 Å². The molecule has 102 valence electrons. The van der Waals surface area contributed by atoms with Gasteiger partial charge in [-0.05, 0) is 75.3 Å². The molecule has 0 aliphatic heterocycles. The second-order valence-corrected chi connectivity index (χ2v) is 7.07. The van der Waals surface area contributed by atoms with Gasteiger partial charge < -0.3 is 4.90 Å². The van der Waals surface area contributed by atoms with Gasteiger partial charge in [-0.1, -0.05) is 6.07 Å². The standard InChI is InChI=1S/C17H24N2/c1-2-19(16-5-3-4-6-18-16)17-10-13-7-14(11-17)9-15(8-13)12-17/h3-6,13-15H,2,7-12H2,1H3. The lowest BCUT2D eigenvalue weighted by Gasteiger charge is -2.60. The predicted octanol–water partition coefficient (Wildman–Crippen LogP) is 3.88. The minimum Gasteiger partial charge on any atom is -0.351 e. The van der Waals surface area contributed by atoms with E-state index in [1.807, 2.05) is 12.3 Å². The van der Waals surface area contributed by atoms with Crippen LogP contribution >= 0.6 is 0 Å². The summed E-state index contributed by atoms with van der Waals surface area (Å²) in [7, 11) is 0. The maximum absolute atomic E-state index is 4.63. The summed E-state index contributed by atoms with van der Waals surface area (Å²) >= 11 is 0. The van der Waals surface area contributed by atoms with Crippen molar-refractivity contribution >= 4 is 5.82 Å².